The number of amides is 2. The van der Waals surface area contributed by atoms with Crippen molar-refractivity contribution in [2.45, 2.75) is 43.4 Å². The molecule has 2 aliphatic heterocycles. The first kappa shape index (κ1) is 26.3. The molecule has 2 aliphatic rings. The molecule has 0 spiro atoms. The summed E-state index contributed by atoms with van der Waals surface area (Å²) in [5, 5.41) is 11.3. The van der Waals surface area contributed by atoms with Gasteiger partial charge in [-0.15, -0.1) is 0 Å². The fourth-order valence-corrected chi connectivity index (χ4v) is 6.25. The van der Waals surface area contributed by atoms with Crippen LogP contribution in [0, 0.1) is 0 Å². The van der Waals surface area contributed by atoms with Crippen LogP contribution >= 0.6 is 23.2 Å². The number of carbonyl (C=O) groups is 2. The number of nitrogens with zero attached hydrogens (tertiary/aromatic N) is 3. The average molecular weight is 554 g/mol. The normalized spacial score (nSPS) is 20.5. The number of carbonyl (C=O) groups excluding carboxylic acids is 2. The molecule has 0 bridgehead atoms. The number of ether oxygens (including phenoxy) is 1. The number of halogens is 2. The van der Waals surface area contributed by atoms with Gasteiger partial charge in [0, 0.05) is 28.7 Å². The number of aliphatic hydroxyl groups is 1. The van der Waals surface area contributed by atoms with Gasteiger partial charge >= 0.3 is 0 Å². The van der Waals surface area contributed by atoms with Gasteiger partial charge in [-0.25, -0.2) is 12.7 Å². The van der Waals surface area contributed by atoms with Crippen molar-refractivity contribution in [1.29, 1.82) is 0 Å². The summed E-state index contributed by atoms with van der Waals surface area (Å²) >= 11 is 12.1. The molecular formula is C24H25Cl2N3O6S. The summed E-state index contributed by atoms with van der Waals surface area (Å²) in [6.45, 7) is 3.03. The topological polar surface area (TPSA) is 107 Å². The van der Waals surface area contributed by atoms with Crippen molar-refractivity contribution in [1.82, 2.24) is 14.1 Å². The Morgan fingerprint density at radius 3 is 2.31 bits per heavy atom. The number of rotatable bonds is 6. The minimum atomic E-state index is -4.38. The van der Waals surface area contributed by atoms with E-state index in [1.54, 1.807) is 38.1 Å². The fourth-order valence-electron chi connectivity index (χ4n) is 4.25. The van der Waals surface area contributed by atoms with Gasteiger partial charge in [-0.1, -0.05) is 35.3 Å². The Morgan fingerprint density at radius 2 is 1.69 bits per heavy atom. The summed E-state index contributed by atoms with van der Waals surface area (Å²) in [7, 11) is -3.05. The second-order valence-electron chi connectivity index (χ2n) is 8.73. The van der Waals surface area contributed by atoms with Gasteiger partial charge in [0.2, 0.25) is 5.91 Å². The molecule has 0 radical (unpaired) electrons. The number of aliphatic hydroxyl groups excluding tert-OH is 1. The van der Waals surface area contributed by atoms with Crippen LogP contribution in [0.15, 0.2) is 59.4 Å². The molecule has 0 aliphatic carbocycles. The van der Waals surface area contributed by atoms with Gasteiger partial charge in [-0.3, -0.25) is 14.5 Å². The van der Waals surface area contributed by atoms with Crippen molar-refractivity contribution in [3.8, 4) is 5.75 Å². The van der Waals surface area contributed by atoms with E-state index in [4.69, 9.17) is 27.9 Å². The number of methoxy groups -OCH3 is 1. The van der Waals surface area contributed by atoms with Gasteiger partial charge in [0.05, 0.1) is 13.7 Å². The molecule has 12 heteroatoms. The minimum Gasteiger partial charge on any atom is -0.495 e. The van der Waals surface area contributed by atoms with Crippen LogP contribution in [0.3, 0.4) is 0 Å². The third kappa shape index (κ3) is 4.66. The number of benzene rings is 2. The van der Waals surface area contributed by atoms with E-state index in [1.807, 2.05) is 0 Å². The van der Waals surface area contributed by atoms with E-state index in [2.05, 4.69) is 0 Å². The Hall–Kier alpha value is -2.79. The predicted octanol–water partition coefficient (Wildman–Crippen LogP) is 2.86. The van der Waals surface area contributed by atoms with Crippen LogP contribution in [0.5, 0.6) is 5.75 Å². The van der Waals surface area contributed by atoms with Crippen LogP contribution in [0.4, 0.5) is 0 Å². The third-order valence-electron chi connectivity index (χ3n) is 6.06. The zero-order valence-electron chi connectivity index (χ0n) is 19.8. The lowest BCUT2D eigenvalue weighted by atomic mass is 9.99. The average Bonchev–Trinajstić information content (AvgIpc) is 2.83. The molecule has 2 aromatic carbocycles. The number of hydrogen-bond donors (Lipinski definition) is 1. The second-order valence-corrected chi connectivity index (χ2v) is 11.4. The molecule has 2 amide bonds. The van der Waals surface area contributed by atoms with Gasteiger partial charge in [0.25, 0.3) is 15.9 Å². The molecule has 2 heterocycles. The van der Waals surface area contributed by atoms with Gasteiger partial charge in [0.1, 0.15) is 22.5 Å². The van der Waals surface area contributed by atoms with Gasteiger partial charge in [0.15, 0.2) is 6.10 Å². The van der Waals surface area contributed by atoms with Gasteiger partial charge in [-0.05, 0) is 49.7 Å². The molecule has 1 N–H and O–H groups in total. The van der Waals surface area contributed by atoms with Crippen LogP contribution in [0.2, 0.25) is 10.0 Å². The molecular weight excluding hydrogens is 529 g/mol. The summed E-state index contributed by atoms with van der Waals surface area (Å²) in [6, 6.07) is 9.51. The van der Waals surface area contributed by atoms with E-state index in [0.717, 1.165) is 9.21 Å². The largest absolute Gasteiger partial charge is 0.495 e. The number of β-amino-alcohol motifs (C(OH)–C–C–N with tert-alkyl or cyclic N) is 1. The molecule has 192 valence electrons. The summed E-state index contributed by atoms with van der Waals surface area (Å²) in [6.07, 6.45) is -0.263. The van der Waals surface area contributed by atoms with Crippen molar-refractivity contribution >= 4 is 45.0 Å². The molecule has 2 aromatic rings. The Kier molecular flexibility index (Phi) is 7.25. The van der Waals surface area contributed by atoms with Crippen LogP contribution < -0.4 is 4.74 Å². The standard InChI is InChI=1S/C24H25Cl2N3O6S/c1-14(2)27-13-22-28(36(33,34)21-11-17(26)8-9-20(21)35-3)12-19(30)24(32)29(22)18(23(27)31)10-15-4-6-16(25)7-5-15/h4-9,11,13-14,18-19,30H,10,12H2,1-3H3. The summed E-state index contributed by atoms with van der Waals surface area (Å²) in [4.78, 5) is 28.9. The summed E-state index contributed by atoms with van der Waals surface area (Å²) < 4.78 is 33.9. The van der Waals surface area contributed by atoms with Crippen molar-refractivity contribution in [3.05, 3.63) is 70.1 Å². The molecule has 0 saturated carbocycles. The molecule has 9 nitrogen and oxygen atoms in total. The molecule has 2 unspecified atom stereocenters. The summed E-state index contributed by atoms with van der Waals surface area (Å²) in [5.41, 5.74) is 0.710. The molecule has 0 aromatic heterocycles. The smallest absolute Gasteiger partial charge is 0.269 e. The number of sulfonamides is 1. The molecule has 36 heavy (non-hydrogen) atoms. The predicted molar refractivity (Wildman–Crippen MR) is 134 cm³/mol. The van der Waals surface area contributed by atoms with E-state index in [1.165, 1.54) is 36.4 Å². The first-order valence-electron chi connectivity index (χ1n) is 11.1. The van der Waals surface area contributed by atoms with Gasteiger partial charge < -0.3 is 14.7 Å². The zero-order chi connectivity index (χ0) is 26.4. The lowest BCUT2D eigenvalue weighted by molar-refractivity contribution is -0.155. The molecule has 1 saturated heterocycles. The van der Waals surface area contributed by atoms with E-state index >= 15 is 0 Å². The quantitative estimate of drug-likeness (QED) is 0.589. The SMILES string of the molecule is COc1ccc(Cl)cc1S(=O)(=O)N1CC(O)C(=O)N2C1=CN(C(C)C)C(=O)C2Cc1ccc(Cl)cc1. The second kappa shape index (κ2) is 9.93. The molecule has 1 fully saturated rings. The Morgan fingerprint density at radius 1 is 1.06 bits per heavy atom. The highest BCUT2D eigenvalue weighted by atomic mass is 35.5. The van der Waals surface area contributed by atoms with Crippen molar-refractivity contribution in [2.75, 3.05) is 13.7 Å². The minimum absolute atomic E-state index is 0.0420. The first-order valence-corrected chi connectivity index (χ1v) is 13.3. The Labute approximate surface area is 219 Å². The van der Waals surface area contributed by atoms with E-state index in [0.29, 0.717) is 10.6 Å². The van der Waals surface area contributed by atoms with Crippen molar-refractivity contribution in [3.63, 3.8) is 0 Å². The van der Waals surface area contributed by atoms with Crippen LogP contribution in [0.1, 0.15) is 19.4 Å². The third-order valence-corrected chi connectivity index (χ3v) is 8.34. The number of fused-ring (bicyclic) bond motifs is 1. The van der Waals surface area contributed by atoms with Crippen molar-refractivity contribution in [2.24, 2.45) is 0 Å². The fraction of sp³-hybridized carbons (Fsp3) is 0.333. The molecule has 2 atom stereocenters. The Bertz CT molecular complexity index is 1330. The highest BCUT2D eigenvalue weighted by Crippen LogP contribution is 2.37. The monoisotopic (exact) mass is 553 g/mol. The van der Waals surface area contributed by atoms with E-state index < -0.39 is 40.5 Å². The van der Waals surface area contributed by atoms with Crippen LogP contribution in [-0.4, -0.2) is 71.3 Å². The summed E-state index contributed by atoms with van der Waals surface area (Å²) in [5.74, 6) is -1.16. The maximum absolute atomic E-state index is 13.9. The maximum Gasteiger partial charge on any atom is 0.269 e. The van der Waals surface area contributed by atoms with E-state index in [-0.39, 0.29) is 34.0 Å². The lowest BCUT2D eigenvalue weighted by Crippen LogP contribution is -2.65. The maximum atomic E-state index is 13.9. The van der Waals surface area contributed by atoms with Crippen LogP contribution in [0.25, 0.3) is 0 Å². The van der Waals surface area contributed by atoms with Crippen LogP contribution in [-0.2, 0) is 26.0 Å². The van der Waals surface area contributed by atoms with Gasteiger partial charge in [-0.2, -0.15) is 0 Å². The first-order chi connectivity index (χ1) is 16.9. The van der Waals surface area contributed by atoms with E-state index in [9.17, 15) is 23.1 Å². The lowest BCUT2D eigenvalue weighted by Gasteiger charge is -2.48. The van der Waals surface area contributed by atoms with Crippen molar-refractivity contribution < 1.29 is 27.9 Å². The number of hydrogen-bond acceptors (Lipinski definition) is 6. The Balaban J connectivity index is 1.86. The molecule has 4 rings (SSSR count). The zero-order valence-corrected chi connectivity index (χ0v) is 22.1. The highest BCUT2D eigenvalue weighted by Gasteiger charge is 2.50. The highest BCUT2D eigenvalue weighted by molar-refractivity contribution is 7.89.